The van der Waals surface area contributed by atoms with Gasteiger partial charge in [0.2, 0.25) is 0 Å². The van der Waals surface area contributed by atoms with Crippen molar-refractivity contribution in [2.75, 3.05) is 6.61 Å². The average molecular weight is 473 g/mol. The maximum atomic E-state index is 13.1. The number of aliphatic imine (C=N–C) groups is 1. The molecule has 1 N–H and O–H groups in total. The number of hydrogen-bond donors (Lipinski definition) is 1. The molecule has 1 atom stereocenters. The number of H-pyrrole nitrogens is 1. The van der Waals surface area contributed by atoms with E-state index in [0.29, 0.717) is 24.8 Å². The number of carbonyl (C=O) groups excluding carboxylic acids is 1. The van der Waals surface area contributed by atoms with Crippen LogP contribution in [0.4, 0.5) is 4.79 Å². The lowest BCUT2D eigenvalue weighted by Crippen LogP contribution is -2.57. The molecular weight excluding hydrogens is 446 g/mol. The van der Waals surface area contributed by atoms with Gasteiger partial charge in [-0.25, -0.2) is 9.80 Å². The number of ether oxygens (including phenoxy) is 1. The van der Waals surface area contributed by atoms with Crippen molar-refractivity contribution in [3.63, 3.8) is 0 Å². The smallest absolute Gasteiger partial charge is 0.418 e. The van der Waals surface area contributed by atoms with E-state index < -0.39 is 5.76 Å². The fraction of sp³-hybridized carbons (Fsp3) is 0.231. The van der Waals surface area contributed by atoms with E-state index in [1.54, 1.807) is 19.3 Å². The van der Waals surface area contributed by atoms with Crippen LogP contribution in [0, 0.1) is 0 Å². The van der Waals surface area contributed by atoms with E-state index in [0.717, 1.165) is 40.8 Å². The van der Waals surface area contributed by atoms with E-state index in [1.165, 1.54) is 0 Å². The van der Waals surface area contributed by atoms with Crippen LogP contribution in [0.25, 0.3) is 22.5 Å². The molecule has 1 aromatic heterocycles. The number of amides is 1. The fourth-order valence-electron chi connectivity index (χ4n) is 4.53. The zero-order chi connectivity index (χ0) is 24.4. The number of carbonyl (C=O) groups is 1. The third kappa shape index (κ3) is 3.89. The van der Waals surface area contributed by atoms with Gasteiger partial charge in [-0.1, -0.05) is 67.0 Å². The Morgan fingerprint density at radius 2 is 1.89 bits per heavy atom. The summed E-state index contributed by atoms with van der Waals surface area (Å²) in [6, 6.07) is 15.8. The van der Waals surface area contributed by atoms with Crippen molar-refractivity contribution >= 4 is 11.9 Å². The minimum atomic E-state index is -0.593. The highest BCUT2D eigenvalue weighted by Crippen LogP contribution is 2.37. The second-order valence-electron chi connectivity index (χ2n) is 8.30. The SMILES string of the molecule is CCCC1=CC2=NC=C[N+]2(C(=O)OCC)N1Cc1ccc(-c2ccccc2-c2noc(=O)[nH]2)cc1. The molecule has 0 fully saturated rings. The minimum absolute atomic E-state index is 0.173. The Hall–Kier alpha value is -4.24. The Balaban J connectivity index is 1.46. The van der Waals surface area contributed by atoms with Crippen LogP contribution in [0.15, 0.2) is 87.0 Å². The summed E-state index contributed by atoms with van der Waals surface area (Å²) in [5, 5.41) is 5.88. The van der Waals surface area contributed by atoms with Crippen LogP contribution in [-0.4, -0.2) is 38.3 Å². The van der Waals surface area contributed by atoms with Crippen LogP contribution in [0.1, 0.15) is 32.3 Å². The highest BCUT2D eigenvalue weighted by atomic mass is 16.6. The number of aromatic amines is 1. The first-order valence-electron chi connectivity index (χ1n) is 11.6. The predicted molar refractivity (Wildman–Crippen MR) is 130 cm³/mol. The van der Waals surface area contributed by atoms with Gasteiger partial charge in [0.1, 0.15) is 0 Å². The van der Waals surface area contributed by atoms with Gasteiger partial charge in [-0.05, 0) is 34.6 Å². The standard InChI is InChI=1S/C26H25N5O4/c1-3-7-20-16-23-27-14-15-31(23,26(33)34-4-2)30(20)17-18-10-12-19(13-11-18)21-8-5-6-9-22(21)24-28-25(32)35-29-24/h5-6,8-16H,3-4,7,17H2,1-2H3/p+1. The summed E-state index contributed by atoms with van der Waals surface area (Å²) in [6.07, 6.45) is 6.83. The lowest BCUT2D eigenvalue weighted by Gasteiger charge is -2.34. The molecule has 2 aliphatic rings. The second kappa shape index (κ2) is 9.19. The van der Waals surface area contributed by atoms with Gasteiger partial charge in [-0.15, -0.1) is 0 Å². The zero-order valence-electron chi connectivity index (χ0n) is 19.6. The quantitative estimate of drug-likeness (QED) is 0.488. The average Bonchev–Trinajstić information content (AvgIpc) is 3.56. The zero-order valence-corrected chi connectivity index (χ0v) is 19.6. The summed E-state index contributed by atoms with van der Waals surface area (Å²) < 4.78 is 9.96. The summed E-state index contributed by atoms with van der Waals surface area (Å²) in [5.74, 6) is 0.442. The van der Waals surface area contributed by atoms with E-state index >= 15 is 0 Å². The molecule has 35 heavy (non-hydrogen) atoms. The number of aromatic nitrogens is 2. The van der Waals surface area contributed by atoms with E-state index in [-0.39, 0.29) is 10.7 Å². The predicted octanol–water partition coefficient (Wildman–Crippen LogP) is 4.97. The summed E-state index contributed by atoms with van der Waals surface area (Å²) in [5.41, 5.74) is 4.74. The van der Waals surface area contributed by atoms with Crippen LogP contribution in [0.2, 0.25) is 0 Å². The lowest BCUT2D eigenvalue weighted by molar-refractivity contribution is -0.834. The summed E-state index contributed by atoms with van der Waals surface area (Å²) >= 11 is 0. The van der Waals surface area contributed by atoms with Crippen molar-refractivity contribution in [3.05, 3.63) is 88.8 Å². The molecule has 0 aliphatic carbocycles. The molecule has 0 saturated carbocycles. The highest BCUT2D eigenvalue weighted by molar-refractivity contribution is 5.97. The Bertz CT molecular complexity index is 1400. The Labute approximate surface area is 202 Å². The first kappa shape index (κ1) is 22.5. The van der Waals surface area contributed by atoms with Gasteiger partial charge < -0.3 is 4.74 Å². The molecule has 3 heterocycles. The molecule has 0 bridgehead atoms. The summed E-state index contributed by atoms with van der Waals surface area (Å²) in [4.78, 5) is 31.6. The number of quaternary nitrogens is 1. The third-order valence-electron chi connectivity index (χ3n) is 6.12. The van der Waals surface area contributed by atoms with E-state index in [4.69, 9.17) is 4.74 Å². The molecular formula is C26H26N5O4+. The van der Waals surface area contributed by atoms with Crippen LogP contribution in [0.3, 0.4) is 0 Å². The van der Waals surface area contributed by atoms with Gasteiger partial charge in [0.05, 0.1) is 25.0 Å². The largest absolute Gasteiger partial charge is 0.553 e. The second-order valence-corrected chi connectivity index (χ2v) is 8.30. The van der Waals surface area contributed by atoms with Crippen molar-refractivity contribution in [1.29, 1.82) is 0 Å². The molecule has 3 aromatic rings. The number of fused-ring (bicyclic) bond motifs is 1. The molecule has 0 saturated heterocycles. The van der Waals surface area contributed by atoms with Crippen molar-refractivity contribution < 1.29 is 18.6 Å². The van der Waals surface area contributed by atoms with Gasteiger partial charge in [-0.2, -0.15) is 9.79 Å². The number of amidine groups is 1. The van der Waals surface area contributed by atoms with Crippen LogP contribution >= 0.6 is 0 Å². The molecule has 0 radical (unpaired) electrons. The molecule has 2 aromatic carbocycles. The third-order valence-corrected chi connectivity index (χ3v) is 6.12. The first-order chi connectivity index (χ1) is 17.1. The number of allylic oxidation sites excluding steroid dienone is 1. The van der Waals surface area contributed by atoms with Crippen LogP contribution in [0.5, 0.6) is 0 Å². The normalized spacial score (nSPS) is 18.4. The summed E-state index contributed by atoms with van der Waals surface area (Å²) in [7, 11) is 0. The molecule has 2 aliphatic heterocycles. The van der Waals surface area contributed by atoms with E-state index in [1.807, 2.05) is 59.6 Å². The number of hydrogen-bond acceptors (Lipinski definition) is 7. The maximum Gasteiger partial charge on any atom is 0.553 e. The Kier molecular flexibility index (Phi) is 5.92. The molecule has 0 spiro atoms. The van der Waals surface area contributed by atoms with Crippen molar-refractivity contribution in [2.24, 2.45) is 4.99 Å². The maximum absolute atomic E-state index is 13.1. The van der Waals surface area contributed by atoms with Gasteiger partial charge in [0.25, 0.3) is 5.84 Å². The van der Waals surface area contributed by atoms with Crippen molar-refractivity contribution in [2.45, 2.75) is 33.2 Å². The van der Waals surface area contributed by atoms with E-state index in [2.05, 4.69) is 26.6 Å². The summed E-state index contributed by atoms with van der Waals surface area (Å²) in [6.45, 7) is 4.72. The fourth-order valence-corrected chi connectivity index (χ4v) is 4.53. The van der Waals surface area contributed by atoms with Crippen molar-refractivity contribution in [3.8, 4) is 22.5 Å². The topological polar surface area (TPSA) is 101 Å². The number of benzene rings is 2. The van der Waals surface area contributed by atoms with Crippen LogP contribution in [-0.2, 0) is 11.3 Å². The van der Waals surface area contributed by atoms with Crippen molar-refractivity contribution in [1.82, 2.24) is 15.1 Å². The monoisotopic (exact) mass is 472 g/mol. The van der Waals surface area contributed by atoms with E-state index in [9.17, 15) is 9.59 Å². The van der Waals surface area contributed by atoms with Gasteiger partial charge >= 0.3 is 11.8 Å². The number of rotatable bonds is 7. The minimum Gasteiger partial charge on any atom is -0.418 e. The molecule has 178 valence electrons. The first-order valence-corrected chi connectivity index (χ1v) is 11.6. The molecule has 1 amide bonds. The number of nitrogens with zero attached hydrogens (tertiary/aromatic N) is 4. The molecule has 9 nitrogen and oxygen atoms in total. The molecule has 1 unspecified atom stereocenters. The van der Waals surface area contributed by atoms with Gasteiger partial charge in [-0.3, -0.25) is 9.51 Å². The highest BCUT2D eigenvalue weighted by Gasteiger charge is 2.55. The van der Waals surface area contributed by atoms with Gasteiger partial charge in [0, 0.05) is 11.6 Å². The van der Waals surface area contributed by atoms with Gasteiger partial charge in [0.15, 0.2) is 12.0 Å². The molecule has 5 rings (SSSR count). The Morgan fingerprint density at radius 3 is 2.57 bits per heavy atom. The molecule has 9 heteroatoms. The Morgan fingerprint density at radius 1 is 1.11 bits per heavy atom. The lowest BCUT2D eigenvalue weighted by atomic mass is 9.98. The number of nitrogens with one attached hydrogen (secondary N) is 1. The van der Waals surface area contributed by atoms with Crippen LogP contribution < -0.4 is 5.76 Å².